The Morgan fingerprint density at radius 2 is 1.95 bits per heavy atom. The van der Waals surface area contributed by atoms with Crippen molar-refractivity contribution >= 4 is 22.6 Å². The van der Waals surface area contributed by atoms with E-state index in [1.54, 1.807) is 31.2 Å². The lowest BCUT2D eigenvalue weighted by molar-refractivity contribution is -0.135. The van der Waals surface area contributed by atoms with Crippen molar-refractivity contribution in [3.05, 3.63) is 30.0 Å². The highest BCUT2D eigenvalue weighted by Gasteiger charge is 2.19. The van der Waals surface area contributed by atoms with E-state index in [0.29, 0.717) is 17.4 Å². The third-order valence-electron chi connectivity index (χ3n) is 2.75. The zero-order valence-corrected chi connectivity index (χ0v) is 11.3. The molecule has 0 saturated heterocycles. The SMILES string of the molecule is CCOc1nc(C(=O)NCC(=O)O)c(O)c2ccccc12. The molecule has 1 amide bonds. The lowest BCUT2D eigenvalue weighted by atomic mass is 10.1. The fourth-order valence-electron chi connectivity index (χ4n) is 1.86. The molecule has 0 radical (unpaired) electrons. The second-order valence-corrected chi connectivity index (χ2v) is 4.17. The van der Waals surface area contributed by atoms with Gasteiger partial charge in [0.05, 0.1) is 6.61 Å². The van der Waals surface area contributed by atoms with Crippen molar-refractivity contribution in [1.29, 1.82) is 0 Å². The van der Waals surface area contributed by atoms with Gasteiger partial charge in [-0.25, -0.2) is 4.98 Å². The van der Waals surface area contributed by atoms with Gasteiger partial charge in [0.15, 0.2) is 11.4 Å². The van der Waals surface area contributed by atoms with Gasteiger partial charge in [0.1, 0.15) is 6.54 Å². The minimum Gasteiger partial charge on any atom is -0.505 e. The number of ether oxygens (including phenoxy) is 1. The van der Waals surface area contributed by atoms with E-state index in [2.05, 4.69) is 10.3 Å². The average Bonchev–Trinajstić information content (AvgIpc) is 2.48. The Kier molecular flexibility index (Phi) is 4.22. The third-order valence-corrected chi connectivity index (χ3v) is 2.75. The van der Waals surface area contributed by atoms with Crippen LogP contribution in [0, 0.1) is 0 Å². The lowest BCUT2D eigenvalue weighted by Crippen LogP contribution is -2.30. The predicted molar refractivity (Wildman–Crippen MR) is 74.5 cm³/mol. The highest BCUT2D eigenvalue weighted by molar-refractivity contribution is 6.03. The number of nitrogens with zero attached hydrogens (tertiary/aromatic N) is 1. The van der Waals surface area contributed by atoms with E-state index in [-0.39, 0.29) is 17.3 Å². The van der Waals surface area contributed by atoms with Crippen LogP contribution in [0.1, 0.15) is 17.4 Å². The number of pyridine rings is 1. The minimum absolute atomic E-state index is 0.214. The summed E-state index contributed by atoms with van der Waals surface area (Å²) >= 11 is 0. The van der Waals surface area contributed by atoms with Crippen LogP contribution >= 0.6 is 0 Å². The smallest absolute Gasteiger partial charge is 0.322 e. The molecule has 21 heavy (non-hydrogen) atoms. The number of aromatic hydroxyl groups is 1. The van der Waals surface area contributed by atoms with Gasteiger partial charge in [-0.2, -0.15) is 0 Å². The second kappa shape index (κ2) is 6.08. The molecule has 3 N–H and O–H groups in total. The average molecular weight is 290 g/mol. The van der Waals surface area contributed by atoms with Crippen molar-refractivity contribution in [2.45, 2.75) is 6.92 Å². The van der Waals surface area contributed by atoms with Crippen LogP contribution in [-0.4, -0.2) is 40.2 Å². The van der Waals surface area contributed by atoms with Crippen LogP contribution in [0.5, 0.6) is 11.6 Å². The number of carbonyl (C=O) groups is 2. The maximum Gasteiger partial charge on any atom is 0.322 e. The van der Waals surface area contributed by atoms with Gasteiger partial charge in [0.2, 0.25) is 5.88 Å². The van der Waals surface area contributed by atoms with Crippen molar-refractivity contribution in [3.8, 4) is 11.6 Å². The highest BCUT2D eigenvalue weighted by atomic mass is 16.5. The maximum atomic E-state index is 11.9. The number of aromatic nitrogens is 1. The van der Waals surface area contributed by atoms with E-state index in [0.717, 1.165) is 0 Å². The number of nitrogens with one attached hydrogen (secondary N) is 1. The second-order valence-electron chi connectivity index (χ2n) is 4.17. The minimum atomic E-state index is -1.19. The molecule has 0 atom stereocenters. The van der Waals surface area contributed by atoms with E-state index >= 15 is 0 Å². The van der Waals surface area contributed by atoms with Crippen molar-refractivity contribution in [3.63, 3.8) is 0 Å². The Bertz CT molecular complexity index is 699. The number of amides is 1. The van der Waals surface area contributed by atoms with Gasteiger partial charge in [-0.3, -0.25) is 9.59 Å². The molecule has 110 valence electrons. The zero-order valence-electron chi connectivity index (χ0n) is 11.3. The molecule has 0 fully saturated rings. The molecule has 7 heteroatoms. The number of carbonyl (C=O) groups excluding carboxylic acids is 1. The molecule has 2 rings (SSSR count). The molecule has 1 aromatic carbocycles. The summed E-state index contributed by atoms with van der Waals surface area (Å²) < 4.78 is 5.37. The summed E-state index contributed by atoms with van der Waals surface area (Å²) in [5.74, 6) is -2.06. The van der Waals surface area contributed by atoms with Gasteiger partial charge in [0.25, 0.3) is 5.91 Å². The number of rotatable bonds is 5. The first-order chi connectivity index (χ1) is 10.0. The van der Waals surface area contributed by atoms with Crippen LogP contribution in [0.3, 0.4) is 0 Å². The van der Waals surface area contributed by atoms with Crippen molar-refractivity contribution < 1.29 is 24.5 Å². The molecule has 0 bridgehead atoms. The van der Waals surface area contributed by atoms with Crippen LogP contribution in [-0.2, 0) is 4.79 Å². The summed E-state index contributed by atoms with van der Waals surface area (Å²) in [5, 5.41) is 21.9. The van der Waals surface area contributed by atoms with Gasteiger partial charge >= 0.3 is 5.97 Å². The van der Waals surface area contributed by atoms with E-state index in [1.165, 1.54) is 0 Å². The zero-order chi connectivity index (χ0) is 15.4. The molecule has 1 heterocycles. The Hall–Kier alpha value is -2.83. The van der Waals surface area contributed by atoms with Crippen molar-refractivity contribution in [2.75, 3.05) is 13.2 Å². The molecular weight excluding hydrogens is 276 g/mol. The fourth-order valence-corrected chi connectivity index (χ4v) is 1.86. The first-order valence-electron chi connectivity index (χ1n) is 6.29. The largest absolute Gasteiger partial charge is 0.505 e. The molecule has 1 aromatic heterocycles. The molecule has 0 unspecified atom stereocenters. The van der Waals surface area contributed by atoms with Gasteiger partial charge in [-0.15, -0.1) is 0 Å². The monoisotopic (exact) mass is 290 g/mol. The lowest BCUT2D eigenvalue weighted by Gasteiger charge is -2.11. The molecule has 2 aromatic rings. The Balaban J connectivity index is 2.51. The number of hydrogen-bond acceptors (Lipinski definition) is 5. The van der Waals surface area contributed by atoms with Crippen LogP contribution in [0.2, 0.25) is 0 Å². The van der Waals surface area contributed by atoms with E-state index < -0.39 is 18.4 Å². The van der Waals surface area contributed by atoms with Crippen LogP contribution in [0.4, 0.5) is 0 Å². The van der Waals surface area contributed by atoms with Crippen LogP contribution in [0.15, 0.2) is 24.3 Å². The number of carboxylic acids is 1. The molecule has 0 saturated carbocycles. The van der Waals surface area contributed by atoms with E-state index in [9.17, 15) is 14.7 Å². The number of benzene rings is 1. The van der Waals surface area contributed by atoms with Crippen LogP contribution < -0.4 is 10.1 Å². The number of carboxylic acid groups (broad SMARTS) is 1. The maximum absolute atomic E-state index is 11.9. The number of fused-ring (bicyclic) bond motifs is 1. The Labute approximate surface area is 120 Å². The van der Waals surface area contributed by atoms with Crippen molar-refractivity contribution in [2.24, 2.45) is 0 Å². The third kappa shape index (κ3) is 3.02. The quantitative estimate of drug-likeness (QED) is 0.762. The molecule has 0 aliphatic carbocycles. The summed E-state index contributed by atoms with van der Waals surface area (Å²) in [5.41, 5.74) is -0.265. The fraction of sp³-hybridized carbons (Fsp3) is 0.214. The topological polar surface area (TPSA) is 109 Å². The molecular formula is C14H14N2O5. The summed E-state index contributed by atoms with van der Waals surface area (Å²) in [6.07, 6.45) is 0. The molecule has 0 aliphatic heterocycles. The molecule has 7 nitrogen and oxygen atoms in total. The predicted octanol–water partition coefficient (Wildman–Crippen LogP) is 1.15. The summed E-state index contributed by atoms with van der Waals surface area (Å²) in [6, 6.07) is 6.81. The molecule has 0 aliphatic rings. The Morgan fingerprint density at radius 1 is 1.29 bits per heavy atom. The standard InChI is InChI=1S/C14H14N2O5/c1-2-21-14-9-6-4-3-5-8(9)12(19)11(16-14)13(20)15-7-10(17)18/h3-6,19H,2,7H2,1H3,(H,15,20)(H,17,18). The molecule has 0 spiro atoms. The van der Waals surface area contributed by atoms with Gasteiger partial charge in [0, 0.05) is 10.8 Å². The number of aliphatic carboxylic acids is 1. The number of hydrogen-bond donors (Lipinski definition) is 3. The highest BCUT2D eigenvalue weighted by Crippen LogP contribution is 2.33. The van der Waals surface area contributed by atoms with E-state index in [4.69, 9.17) is 9.84 Å². The van der Waals surface area contributed by atoms with Crippen LogP contribution in [0.25, 0.3) is 10.8 Å². The van der Waals surface area contributed by atoms with Gasteiger partial charge in [-0.05, 0) is 13.0 Å². The van der Waals surface area contributed by atoms with Gasteiger partial charge < -0.3 is 20.3 Å². The first kappa shape index (κ1) is 14.6. The Morgan fingerprint density at radius 3 is 2.57 bits per heavy atom. The summed E-state index contributed by atoms with van der Waals surface area (Å²) in [6.45, 7) is 1.56. The van der Waals surface area contributed by atoms with E-state index in [1.807, 2.05) is 0 Å². The van der Waals surface area contributed by atoms with Crippen molar-refractivity contribution in [1.82, 2.24) is 10.3 Å². The first-order valence-corrected chi connectivity index (χ1v) is 6.29. The summed E-state index contributed by atoms with van der Waals surface area (Å²) in [4.78, 5) is 26.4. The normalized spacial score (nSPS) is 10.3. The van der Waals surface area contributed by atoms with Gasteiger partial charge in [-0.1, -0.05) is 18.2 Å². The summed E-state index contributed by atoms with van der Waals surface area (Å²) in [7, 11) is 0.